The number of fused-ring (bicyclic) bond motifs is 1. The predicted molar refractivity (Wildman–Crippen MR) is 79.0 cm³/mol. The molecule has 1 N–H and O–H groups in total. The van der Waals surface area contributed by atoms with Gasteiger partial charge in [-0.3, -0.25) is 0 Å². The van der Waals surface area contributed by atoms with Crippen LogP contribution in [0.3, 0.4) is 0 Å². The number of aromatic nitrogens is 2. The van der Waals surface area contributed by atoms with Crippen molar-refractivity contribution in [2.75, 3.05) is 0 Å². The van der Waals surface area contributed by atoms with Crippen LogP contribution in [-0.4, -0.2) is 9.97 Å². The van der Waals surface area contributed by atoms with Gasteiger partial charge in [-0.1, -0.05) is 39.7 Å². The second kappa shape index (κ2) is 4.41. The quantitative estimate of drug-likeness (QED) is 0.674. The molecule has 0 amide bonds. The summed E-state index contributed by atoms with van der Waals surface area (Å²) in [6.45, 7) is 2.05. The van der Waals surface area contributed by atoms with Crippen LogP contribution in [0.1, 0.15) is 5.56 Å². The van der Waals surface area contributed by atoms with Crippen LogP contribution in [0, 0.1) is 6.92 Å². The summed E-state index contributed by atoms with van der Waals surface area (Å²) in [4.78, 5) is 7.93. The normalized spacial score (nSPS) is 11.1. The van der Waals surface area contributed by atoms with E-state index in [1.165, 1.54) is 0 Å². The summed E-state index contributed by atoms with van der Waals surface area (Å²) >= 11 is 9.68. The van der Waals surface area contributed by atoms with Gasteiger partial charge in [0.25, 0.3) is 0 Å². The molecule has 0 spiro atoms. The number of nitrogens with zero attached hydrogens (tertiary/aromatic N) is 1. The number of hydrogen-bond donors (Lipinski definition) is 1. The van der Waals surface area contributed by atoms with E-state index in [1.54, 1.807) is 0 Å². The molecule has 3 rings (SSSR count). The predicted octanol–water partition coefficient (Wildman–Crippen LogP) is 4.95. The molecule has 0 radical (unpaired) electrons. The Kier molecular flexibility index (Phi) is 2.88. The summed E-state index contributed by atoms with van der Waals surface area (Å²) in [5, 5.41) is 0.702. The number of benzene rings is 2. The van der Waals surface area contributed by atoms with Crippen molar-refractivity contribution in [3.05, 3.63) is 51.5 Å². The van der Waals surface area contributed by atoms with Crippen molar-refractivity contribution in [3.63, 3.8) is 0 Å². The van der Waals surface area contributed by atoms with Crippen LogP contribution in [0.2, 0.25) is 5.02 Å². The lowest BCUT2D eigenvalue weighted by atomic mass is 10.2. The molecule has 2 nitrogen and oxygen atoms in total. The maximum Gasteiger partial charge on any atom is 0.140 e. The highest BCUT2D eigenvalue weighted by molar-refractivity contribution is 9.10. The molecular weight excluding hydrogens is 312 g/mol. The first-order chi connectivity index (χ1) is 8.65. The lowest BCUT2D eigenvalue weighted by Gasteiger charge is -1.98. The van der Waals surface area contributed by atoms with Gasteiger partial charge in [-0.2, -0.15) is 0 Å². The van der Waals surface area contributed by atoms with Crippen LogP contribution >= 0.6 is 27.5 Å². The average Bonchev–Trinajstić information content (AvgIpc) is 2.73. The fourth-order valence-corrected chi connectivity index (χ4v) is 2.82. The van der Waals surface area contributed by atoms with E-state index in [0.29, 0.717) is 5.02 Å². The van der Waals surface area contributed by atoms with Gasteiger partial charge >= 0.3 is 0 Å². The third kappa shape index (κ3) is 1.93. The molecule has 0 aliphatic carbocycles. The highest BCUT2D eigenvalue weighted by Gasteiger charge is 2.10. The third-order valence-corrected chi connectivity index (χ3v) is 3.66. The van der Waals surface area contributed by atoms with Crippen LogP contribution in [0.5, 0.6) is 0 Å². The largest absolute Gasteiger partial charge is 0.338 e. The Morgan fingerprint density at radius 3 is 2.78 bits per heavy atom. The Hall–Kier alpha value is -1.32. The molecule has 0 saturated heterocycles. The Balaban J connectivity index is 2.26. The number of nitrogens with one attached hydrogen (secondary N) is 1. The molecule has 18 heavy (non-hydrogen) atoms. The first-order valence-electron chi connectivity index (χ1n) is 5.56. The Morgan fingerprint density at radius 1 is 1.22 bits per heavy atom. The van der Waals surface area contributed by atoms with E-state index in [-0.39, 0.29) is 0 Å². The van der Waals surface area contributed by atoms with E-state index in [0.717, 1.165) is 32.5 Å². The molecule has 90 valence electrons. The minimum atomic E-state index is 0.702. The van der Waals surface area contributed by atoms with Gasteiger partial charge < -0.3 is 4.98 Å². The first-order valence-corrected chi connectivity index (χ1v) is 6.73. The second-order valence-electron chi connectivity index (χ2n) is 4.18. The van der Waals surface area contributed by atoms with E-state index in [4.69, 9.17) is 11.6 Å². The molecule has 0 unspecified atom stereocenters. The molecule has 3 aromatic rings. The molecule has 0 fully saturated rings. The fourth-order valence-electron chi connectivity index (χ4n) is 2.03. The van der Waals surface area contributed by atoms with Crippen LogP contribution < -0.4 is 0 Å². The molecule has 1 aromatic heterocycles. The standard InChI is InChI=1S/C14H10BrClN2/c1-8-6-9(15)7-12-13(8)18-14(17-12)10-4-2-3-5-11(10)16/h2-7H,1H3,(H,17,18). The number of H-pyrrole nitrogens is 1. The van der Waals surface area contributed by atoms with Gasteiger partial charge in [0.15, 0.2) is 0 Å². The fraction of sp³-hybridized carbons (Fsp3) is 0.0714. The highest BCUT2D eigenvalue weighted by atomic mass is 79.9. The zero-order valence-electron chi connectivity index (χ0n) is 9.67. The molecule has 0 bridgehead atoms. The Labute approximate surface area is 118 Å². The van der Waals surface area contributed by atoms with Gasteiger partial charge in [0.05, 0.1) is 16.1 Å². The van der Waals surface area contributed by atoms with E-state index in [1.807, 2.05) is 37.3 Å². The number of aromatic amines is 1. The third-order valence-electron chi connectivity index (χ3n) is 2.87. The summed E-state index contributed by atoms with van der Waals surface area (Å²) in [5.41, 5.74) is 4.05. The summed E-state index contributed by atoms with van der Waals surface area (Å²) < 4.78 is 1.04. The maximum absolute atomic E-state index is 6.19. The molecule has 0 atom stereocenters. The van der Waals surface area contributed by atoms with E-state index < -0.39 is 0 Å². The smallest absolute Gasteiger partial charge is 0.140 e. The summed E-state index contributed by atoms with van der Waals surface area (Å²) in [5.74, 6) is 0.803. The van der Waals surface area contributed by atoms with Crippen LogP contribution in [-0.2, 0) is 0 Å². The van der Waals surface area contributed by atoms with Crippen molar-refractivity contribution in [2.45, 2.75) is 6.92 Å². The molecular formula is C14H10BrClN2. The van der Waals surface area contributed by atoms with Crippen molar-refractivity contribution >= 4 is 38.6 Å². The minimum absolute atomic E-state index is 0.702. The monoisotopic (exact) mass is 320 g/mol. The average molecular weight is 322 g/mol. The first kappa shape index (κ1) is 11.8. The van der Waals surface area contributed by atoms with Crippen molar-refractivity contribution in [3.8, 4) is 11.4 Å². The SMILES string of the molecule is Cc1cc(Br)cc2[nH]c(-c3ccccc3Cl)nc12. The summed E-state index contributed by atoms with van der Waals surface area (Å²) in [6.07, 6.45) is 0. The van der Waals surface area contributed by atoms with E-state index >= 15 is 0 Å². The zero-order chi connectivity index (χ0) is 12.7. The lowest BCUT2D eigenvalue weighted by Crippen LogP contribution is -1.81. The van der Waals surface area contributed by atoms with Gasteiger partial charge in [-0.05, 0) is 36.8 Å². The van der Waals surface area contributed by atoms with Crippen LogP contribution in [0.25, 0.3) is 22.4 Å². The van der Waals surface area contributed by atoms with Crippen molar-refractivity contribution in [1.29, 1.82) is 0 Å². The number of aryl methyl sites for hydroxylation is 1. The molecule has 2 aromatic carbocycles. The van der Waals surface area contributed by atoms with Gasteiger partial charge in [0, 0.05) is 10.0 Å². The van der Waals surface area contributed by atoms with Gasteiger partial charge in [0.1, 0.15) is 5.82 Å². The number of hydrogen-bond acceptors (Lipinski definition) is 1. The lowest BCUT2D eigenvalue weighted by molar-refractivity contribution is 1.33. The highest BCUT2D eigenvalue weighted by Crippen LogP contribution is 2.29. The number of imidazole rings is 1. The minimum Gasteiger partial charge on any atom is -0.338 e. The summed E-state index contributed by atoms with van der Waals surface area (Å²) in [6, 6.07) is 11.8. The Morgan fingerprint density at radius 2 is 2.00 bits per heavy atom. The van der Waals surface area contributed by atoms with Crippen molar-refractivity contribution in [2.24, 2.45) is 0 Å². The van der Waals surface area contributed by atoms with E-state index in [2.05, 4.69) is 32.0 Å². The Bertz CT molecular complexity index is 734. The molecule has 4 heteroatoms. The zero-order valence-corrected chi connectivity index (χ0v) is 12.0. The van der Waals surface area contributed by atoms with Crippen LogP contribution in [0.4, 0.5) is 0 Å². The van der Waals surface area contributed by atoms with Crippen LogP contribution in [0.15, 0.2) is 40.9 Å². The topological polar surface area (TPSA) is 28.7 Å². The number of rotatable bonds is 1. The second-order valence-corrected chi connectivity index (χ2v) is 5.51. The molecule has 0 aliphatic heterocycles. The maximum atomic E-state index is 6.19. The van der Waals surface area contributed by atoms with Gasteiger partial charge in [0.2, 0.25) is 0 Å². The van der Waals surface area contributed by atoms with Gasteiger partial charge in [-0.25, -0.2) is 4.98 Å². The molecule has 1 heterocycles. The summed E-state index contributed by atoms with van der Waals surface area (Å²) in [7, 11) is 0. The molecule has 0 aliphatic rings. The van der Waals surface area contributed by atoms with Crippen molar-refractivity contribution < 1.29 is 0 Å². The van der Waals surface area contributed by atoms with E-state index in [9.17, 15) is 0 Å². The number of halogens is 2. The molecule has 0 saturated carbocycles. The van der Waals surface area contributed by atoms with Crippen molar-refractivity contribution in [1.82, 2.24) is 9.97 Å². The van der Waals surface area contributed by atoms with Gasteiger partial charge in [-0.15, -0.1) is 0 Å².